The van der Waals surface area contributed by atoms with Crippen molar-refractivity contribution in [2.24, 2.45) is 0 Å². The normalized spacial score (nSPS) is 32.0. The van der Waals surface area contributed by atoms with E-state index < -0.39 is 43.3 Å². The van der Waals surface area contributed by atoms with Gasteiger partial charge in [-0.3, -0.25) is 4.79 Å². The average Bonchev–Trinajstić information content (AvgIpc) is 2.51. The summed E-state index contributed by atoms with van der Waals surface area (Å²) in [5.41, 5.74) is 0. The molecule has 7 heteroatoms. The van der Waals surface area contributed by atoms with Crippen molar-refractivity contribution in [3.63, 3.8) is 0 Å². The number of hydrogen-bond acceptors (Lipinski definition) is 7. The molecule has 1 saturated heterocycles. The minimum absolute atomic E-state index is 0.209. The second kappa shape index (κ2) is 10.1. The Morgan fingerprint density at radius 2 is 1.64 bits per heavy atom. The fraction of sp³-hybridized carbons (Fsp3) is 0.933. The number of hydrogen-bond donors (Lipinski definition) is 4. The van der Waals surface area contributed by atoms with Crippen LogP contribution in [0, 0.1) is 0 Å². The number of aliphatic hydroxyl groups is 4. The molecule has 0 spiro atoms. The third kappa shape index (κ3) is 5.81. The van der Waals surface area contributed by atoms with Crippen LogP contribution in [0.25, 0.3) is 0 Å². The maximum atomic E-state index is 11.7. The van der Waals surface area contributed by atoms with Gasteiger partial charge in [0.05, 0.1) is 6.61 Å². The Bertz CT molecular complexity index is 321. The highest BCUT2D eigenvalue weighted by atomic mass is 16.7. The minimum atomic E-state index is -1.54. The molecule has 0 radical (unpaired) electrons. The lowest BCUT2D eigenvalue weighted by Gasteiger charge is -2.39. The highest BCUT2D eigenvalue weighted by molar-refractivity contribution is 5.69. The van der Waals surface area contributed by atoms with E-state index in [1.54, 1.807) is 0 Å². The summed E-state index contributed by atoms with van der Waals surface area (Å²) in [6.07, 6.45) is -0.537. The Balaban J connectivity index is 2.30. The van der Waals surface area contributed by atoms with Crippen molar-refractivity contribution in [1.29, 1.82) is 0 Å². The molecule has 0 amide bonds. The lowest BCUT2D eigenvalue weighted by Crippen LogP contribution is -2.59. The van der Waals surface area contributed by atoms with Gasteiger partial charge in [0.25, 0.3) is 0 Å². The molecule has 4 N–H and O–H groups in total. The van der Waals surface area contributed by atoms with Crippen molar-refractivity contribution in [3.05, 3.63) is 0 Å². The summed E-state index contributed by atoms with van der Waals surface area (Å²) in [5, 5.41) is 38.0. The Hall–Kier alpha value is -0.730. The van der Waals surface area contributed by atoms with E-state index in [-0.39, 0.29) is 6.42 Å². The largest absolute Gasteiger partial charge is 0.433 e. The van der Waals surface area contributed by atoms with Gasteiger partial charge in [-0.1, -0.05) is 39.0 Å². The summed E-state index contributed by atoms with van der Waals surface area (Å²) < 4.78 is 10.1. The van der Waals surface area contributed by atoms with Crippen LogP contribution in [0.2, 0.25) is 0 Å². The Labute approximate surface area is 130 Å². The van der Waals surface area contributed by atoms with Crippen LogP contribution < -0.4 is 0 Å². The molecular weight excluding hydrogens is 292 g/mol. The highest BCUT2D eigenvalue weighted by Gasteiger charge is 2.45. The van der Waals surface area contributed by atoms with Crippen molar-refractivity contribution >= 4 is 5.97 Å². The second-order valence-electron chi connectivity index (χ2n) is 5.70. The molecule has 1 heterocycles. The van der Waals surface area contributed by atoms with Crippen molar-refractivity contribution in [3.8, 4) is 0 Å². The van der Waals surface area contributed by atoms with Gasteiger partial charge in [-0.25, -0.2) is 0 Å². The van der Waals surface area contributed by atoms with E-state index in [4.69, 9.17) is 14.6 Å². The summed E-state index contributed by atoms with van der Waals surface area (Å²) in [6.45, 7) is 1.59. The molecule has 1 aliphatic heterocycles. The van der Waals surface area contributed by atoms with Gasteiger partial charge in [0.15, 0.2) is 0 Å². The number of ether oxygens (including phenoxy) is 2. The summed E-state index contributed by atoms with van der Waals surface area (Å²) in [6, 6.07) is 0. The smallest absolute Gasteiger partial charge is 0.308 e. The molecule has 0 aromatic heterocycles. The van der Waals surface area contributed by atoms with Crippen LogP contribution in [-0.4, -0.2) is 63.7 Å². The number of esters is 1. The average molecular weight is 320 g/mol. The molecular formula is C15H28O7. The van der Waals surface area contributed by atoms with Crippen LogP contribution >= 0.6 is 0 Å². The van der Waals surface area contributed by atoms with Gasteiger partial charge in [0.2, 0.25) is 6.29 Å². The monoisotopic (exact) mass is 320 g/mol. The zero-order valence-corrected chi connectivity index (χ0v) is 13.1. The molecule has 22 heavy (non-hydrogen) atoms. The lowest BCUT2D eigenvalue weighted by molar-refractivity contribution is -0.292. The van der Waals surface area contributed by atoms with Crippen LogP contribution in [0.5, 0.6) is 0 Å². The second-order valence-corrected chi connectivity index (χ2v) is 5.70. The number of carbonyl (C=O) groups excluding carboxylic acids is 1. The Morgan fingerprint density at radius 1 is 1.00 bits per heavy atom. The molecule has 1 fully saturated rings. The first kappa shape index (κ1) is 19.3. The highest BCUT2D eigenvalue weighted by Crippen LogP contribution is 2.22. The number of rotatable bonds is 9. The Morgan fingerprint density at radius 3 is 2.27 bits per heavy atom. The van der Waals surface area contributed by atoms with Gasteiger partial charge in [0, 0.05) is 6.42 Å². The van der Waals surface area contributed by atoms with E-state index in [1.165, 1.54) is 12.8 Å². The predicted octanol–water partition coefficient (Wildman–Crippen LogP) is 0.0801. The van der Waals surface area contributed by atoms with E-state index in [9.17, 15) is 20.1 Å². The predicted molar refractivity (Wildman–Crippen MR) is 77.9 cm³/mol. The van der Waals surface area contributed by atoms with Gasteiger partial charge >= 0.3 is 5.97 Å². The minimum Gasteiger partial charge on any atom is -0.433 e. The molecule has 0 aliphatic carbocycles. The molecule has 7 nitrogen and oxygen atoms in total. The van der Waals surface area contributed by atoms with Crippen molar-refractivity contribution < 1.29 is 34.7 Å². The SMILES string of the molecule is CCCCCCCCC(=O)OC1O[C@H](CO)[C@@H](O)[C@H](O)[C@H]1O. The molecule has 130 valence electrons. The first-order valence-corrected chi connectivity index (χ1v) is 8.01. The van der Waals surface area contributed by atoms with Gasteiger partial charge in [0.1, 0.15) is 24.4 Å². The van der Waals surface area contributed by atoms with E-state index in [2.05, 4.69) is 6.92 Å². The van der Waals surface area contributed by atoms with Crippen LogP contribution in [0.4, 0.5) is 0 Å². The molecule has 0 aromatic carbocycles. The molecule has 1 unspecified atom stereocenters. The molecule has 0 saturated carbocycles. The van der Waals surface area contributed by atoms with E-state index >= 15 is 0 Å². The van der Waals surface area contributed by atoms with Crippen LogP contribution in [0.15, 0.2) is 0 Å². The third-order valence-corrected chi connectivity index (χ3v) is 3.83. The lowest BCUT2D eigenvalue weighted by atomic mass is 9.99. The fourth-order valence-corrected chi connectivity index (χ4v) is 2.40. The number of carbonyl (C=O) groups is 1. The first-order valence-electron chi connectivity index (χ1n) is 8.01. The number of aliphatic hydroxyl groups excluding tert-OH is 4. The van der Waals surface area contributed by atoms with E-state index in [0.29, 0.717) is 6.42 Å². The Kier molecular flexibility index (Phi) is 8.89. The summed E-state index contributed by atoms with van der Waals surface area (Å²) in [7, 11) is 0. The van der Waals surface area contributed by atoms with Crippen LogP contribution in [0.3, 0.4) is 0 Å². The zero-order valence-electron chi connectivity index (χ0n) is 13.1. The van der Waals surface area contributed by atoms with Crippen molar-refractivity contribution in [2.45, 2.75) is 82.6 Å². The van der Waals surface area contributed by atoms with Gasteiger partial charge in [-0.05, 0) is 6.42 Å². The summed E-state index contributed by atoms with van der Waals surface area (Å²) in [4.78, 5) is 11.7. The molecule has 1 aliphatic rings. The zero-order chi connectivity index (χ0) is 16.5. The molecule has 5 atom stereocenters. The van der Waals surface area contributed by atoms with Crippen molar-refractivity contribution in [1.82, 2.24) is 0 Å². The fourth-order valence-electron chi connectivity index (χ4n) is 2.40. The first-order chi connectivity index (χ1) is 10.5. The van der Waals surface area contributed by atoms with Gasteiger partial charge < -0.3 is 29.9 Å². The number of unbranched alkanes of at least 4 members (excludes halogenated alkanes) is 5. The maximum absolute atomic E-state index is 11.7. The maximum Gasteiger partial charge on any atom is 0.308 e. The molecule has 0 bridgehead atoms. The quantitative estimate of drug-likeness (QED) is 0.351. The summed E-state index contributed by atoms with van der Waals surface area (Å²) in [5.74, 6) is -0.528. The topological polar surface area (TPSA) is 116 Å². The van der Waals surface area contributed by atoms with Crippen LogP contribution in [-0.2, 0) is 14.3 Å². The van der Waals surface area contributed by atoms with Gasteiger partial charge in [-0.15, -0.1) is 0 Å². The third-order valence-electron chi connectivity index (χ3n) is 3.83. The van der Waals surface area contributed by atoms with E-state index in [0.717, 1.165) is 19.3 Å². The molecule has 0 aromatic rings. The van der Waals surface area contributed by atoms with Crippen molar-refractivity contribution in [2.75, 3.05) is 6.61 Å². The van der Waals surface area contributed by atoms with Gasteiger partial charge in [-0.2, -0.15) is 0 Å². The summed E-state index contributed by atoms with van der Waals surface area (Å²) >= 11 is 0. The standard InChI is InChI=1S/C15H28O7/c1-2-3-4-5-6-7-8-11(17)22-15-14(20)13(19)12(18)10(9-16)21-15/h10,12-16,18-20H,2-9H2,1H3/t10-,12-,13+,14-,15?/m1/s1. The molecule has 1 rings (SSSR count). The van der Waals surface area contributed by atoms with Crippen LogP contribution in [0.1, 0.15) is 51.9 Å². The van der Waals surface area contributed by atoms with E-state index in [1.807, 2.05) is 0 Å².